The van der Waals surface area contributed by atoms with Crippen molar-refractivity contribution in [3.63, 3.8) is 0 Å². The number of carbonyl (C=O) groups is 1. The molecule has 0 bridgehead atoms. The van der Waals surface area contributed by atoms with E-state index in [1.165, 1.54) is 22.5 Å². The van der Waals surface area contributed by atoms with Crippen molar-refractivity contribution >= 4 is 43.2 Å². The maximum absolute atomic E-state index is 13.0. The normalized spacial score (nSPS) is 15.7. The molecule has 1 fully saturated rings. The molecule has 1 aliphatic rings. The fourth-order valence-electron chi connectivity index (χ4n) is 3.96. The van der Waals surface area contributed by atoms with E-state index in [1.807, 2.05) is 0 Å². The van der Waals surface area contributed by atoms with Crippen LogP contribution in [0.3, 0.4) is 0 Å². The van der Waals surface area contributed by atoms with E-state index in [2.05, 4.69) is 5.32 Å². The third-order valence-corrected chi connectivity index (χ3v) is 9.15. The summed E-state index contributed by atoms with van der Waals surface area (Å²) in [5.74, 6) is -0.0302. The van der Waals surface area contributed by atoms with E-state index in [0.717, 1.165) is 10.6 Å². The predicted octanol–water partition coefficient (Wildman–Crippen LogP) is 2.41. The minimum atomic E-state index is -3.79. The number of sulfonamides is 2. The molecule has 10 nitrogen and oxygen atoms in total. The first-order valence-electron chi connectivity index (χ1n) is 11.8. The average molecular weight is 574 g/mol. The highest BCUT2D eigenvalue weighted by molar-refractivity contribution is 7.92. The number of carbonyl (C=O) groups excluding carboxylic acids is 1. The Bertz CT molecular complexity index is 1300. The molecule has 1 atom stereocenters. The van der Waals surface area contributed by atoms with E-state index in [4.69, 9.17) is 21.1 Å². The predicted molar refractivity (Wildman–Crippen MR) is 142 cm³/mol. The average Bonchev–Trinajstić information content (AvgIpc) is 2.86. The molecule has 0 spiro atoms. The Morgan fingerprint density at radius 1 is 1.14 bits per heavy atom. The van der Waals surface area contributed by atoms with Gasteiger partial charge in [0, 0.05) is 18.1 Å². The lowest BCUT2D eigenvalue weighted by molar-refractivity contribution is -0.122. The Balaban J connectivity index is 1.60. The summed E-state index contributed by atoms with van der Waals surface area (Å²) in [5, 5.41) is 3.08. The molecule has 204 valence electrons. The van der Waals surface area contributed by atoms with Gasteiger partial charge in [0.2, 0.25) is 26.0 Å². The minimum absolute atomic E-state index is 0.104. The van der Waals surface area contributed by atoms with Crippen LogP contribution in [0, 0.1) is 6.92 Å². The fraction of sp³-hybridized carbons (Fsp3) is 0.458. The largest absolute Gasteiger partial charge is 0.492 e. The Hall–Kier alpha value is -2.38. The molecule has 0 saturated carbocycles. The number of hydrogen-bond donors (Lipinski definition) is 1. The van der Waals surface area contributed by atoms with Gasteiger partial charge in [-0.2, -0.15) is 4.31 Å². The van der Waals surface area contributed by atoms with Gasteiger partial charge < -0.3 is 14.8 Å². The molecular formula is C24H32ClN3O7S2. The quantitative estimate of drug-likeness (QED) is 0.410. The van der Waals surface area contributed by atoms with Gasteiger partial charge in [-0.05, 0) is 55.3 Å². The van der Waals surface area contributed by atoms with Gasteiger partial charge in [-0.15, -0.1) is 0 Å². The number of benzene rings is 2. The van der Waals surface area contributed by atoms with Crippen molar-refractivity contribution in [3.8, 4) is 5.75 Å². The first-order chi connectivity index (χ1) is 17.4. The topological polar surface area (TPSA) is 122 Å². The van der Waals surface area contributed by atoms with Crippen LogP contribution in [0.5, 0.6) is 5.75 Å². The molecule has 2 aromatic rings. The zero-order valence-corrected chi connectivity index (χ0v) is 23.4. The highest BCUT2D eigenvalue weighted by Crippen LogP contribution is 2.29. The second kappa shape index (κ2) is 12.4. The molecule has 1 aliphatic heterocycles. The molecule has 37 heavy (non-hydrogen) atoms. The van der Waals surface area contributed by atoms with E-state index >= 15 is 0 Å². The highest BCUT2D eigenvalue weighted by atomic mass is 35.5. The second-order valence-electron chi connectivity index (χ2n) is 8.54. The van der Waals surface area contributed by atoms with E-state index in [-0.39, 0.29) is 24.5 Å². The molecule has 1 N–H and O–H groups in total. The lowest BCUT2D eigenvalue weighted by Crippen LogP contribution is -2.50. The maximum atomic E-state index is 13.0. The third kappa shape index (κ3) is 7.35. The van der Waals surface area contributed by atoms with E-state index in [0.29, 0.717) is 48.3 Å². The molecule has 0 unspecified atom stereocenters. The van der Waals surface area contributed by atoms with Crippen molar-refractivity contribution < 1.29 is 31.1 Å². The molecule has 1 saturated heterocycles. The summed E-state index contributed by atoms with van der Waals surface area (Å²) in [6.07, 6.45) is 1.29. The zero-order chi connectivity index (χ0) is 27.2. The minimum Gasteiger partial charge on any atom is -0.492 e. The molecule has 1 amide bonds. The molecule has 13 heteroatoms. The zero-order valence-electron chi connectivity index (χ0n) is 21.0. The molecule has 1 heterocycles. The summed E-state index contributed by atoms with van der Waals surface area (Å²) in [7, 11) is -7.39. The van der Waals surface area contributed by atoms with Gasteiger partial charge >= 0.3 is 0 Å². The number of amides is 1. The molecule has 0 radical (unpaired) electrons. The summed E-state index contributed by atoms with van der Waals surface area (Å²) in [4.78, 5) is 13.1. The Labute approximate surface area is 223 Å². The van der Waals surface area contributed by atoms with Gasteiger partial charge in [0.1, 0.15) is 18.4 Å². The number of aryl methyl sites for hydroxylation is 1. The lowest BCUT2D eigenvalue weighted by atomic mass is 10.1. The van der Waals surface area contributed by atoms with Crippen LogP contribution in [0.4, 0.5) is 5.69 Å². The fourth-order valence-corrected chi connectivity index (χ4v) is 6.80. The summed E-state index contributed by atoms with van der Waals surface area (Å²) in [6, 6.07) is 9.97. The highest BCUT2D eigenvalue weighted by Gasteiger charge is 2.32. The van der Waals surface area contributed by atoms with E-state index in [9.17, 15) is 21.6 Å². The Morgan fingerprint density at radius 3 is 2.38 bits per heavy atom. The van der Waals surface area contributed by atoms with Gasteiger partial charge in [-0.25, -0.2) is 16.8 Å². The second-order valence-corrected chi connectivity index (χ2v) is 12.8. The molecule has 0 aromatic heterocycles. The van der Waals surface area contributed by atoms with Gasteiger partial charge in [0.25, 0.3) is 0 Å². The Kier molecular flexibility index (Phi) is 9.81. The van der Waals surface area contributed by atoms with Gasteiger partial charge in [-0.3, -0.25) is 9.10 Å². The number of nitrogens with one attached hydrogen (secondary N) is 1. The SMILES string of the molecule is CC[C@@H](C(=O)NCCOc1ccc(S(=O)(=O)N2CCOCC2)cc1)N(c1cc(Cl)ccc1C)S(C)(=O)=O. The number of halogens is 1. The van der Waals surface area contributed by atoms with Crippen LogP contribution < -0.4 is 14.4 Å². The lowest BCUT2D eigenvalue weighted by Gasteiger charge is -2.31. The number of morpholine rings is 1. The summed E-state index contributed by atoms with van der Waals surface area (Å²) in [5.41, 5.74) is 1.02. The number of anilines is 1. The number of nitrogens with zero attached hydrogens (tertiary/aromatic N) is 2. The van der Waals surface area contributed by atoms with Crippen LogP contribution in [0.2, 0.25) is 5.02 Å². The molecule has 2 aromatic carbocycles. The van der Waals surface area contributed by atoms with Crippen LogP contribution in [-0.4, -0.2) is 78.8 Å². The summed E-state index contributed by atoms with van der Waals surface area (Å²) < 4.78 is 64.1. The number of rotatable bonds is 11. The van der Waals surface area contributed by atoms with Crippen molar-refractivity contribution in [2.45, 2.75) is 31.2 Å². The van der Waals surface area contributed by atoms with Crippen LogP contribution in [0.1, 0.15) is 18.9 Å². The monoisotopic (exact) mass is 573 g/mol. The number of ether oxygens (including phenoxy) is 2. The van der Waals surface area contributed by atoms with Gasteiger partial charge in [0.15, 0.2) is 0 Å². The first-order valence-corrected chi connectivity index (χ1v) is 15.5. The molecular weight excluding hydrogens is 542 g/mol. The maximum Gasteiger partial charge on any atom is 0.244 e. The first kappa shape index (κ1) is 29.2. The molecule has 3 rings (SSSR count). The van der Waals surface area contributed by atoms with Gasteiger partial charge in [0.05, 0.1) is 36.6 Å². The van der Waals surface area contributed by atoms with Crippen molar-refractivity contribution in [2.24, 2.45) is 0 Å². The summed E-state index contributed by atoms with van der Waals surface area (Å²) in [6.45, 7) is 5.06. The molecule has 0 aliphatic carbocycles. The number of hydrogen-bond acceptors (Lipinski definition) is 7. The van der Waals surface area contributed by atoms with Crippen LogP contribution >= 0.6 is 11.6 Å². The van der Waals surface area contributed by atoms with Crippen LogP contribution in [0.25, 0.3) is 0 Å². The van der Waals surface area contributed by atoms with Crippen molar-refractivity contribution in [2.75, 3.05) is 50.0 Å². The van der Waals surface area contributed by atoms with Crippen molar-refractivity contribution in [3.05, 3.63) is 53.1 Å². The summed E-state index contributed by atoms with van der Waals surface area (Å²) >= 11 is 6.09. The third-order valence-electron chi connectivity index (χ3n) is 5.84. The van der Waals surface area contributed by atoms with E-state index in [1.54, 1.807) is 38.1 Å². The van der Waals surface area contributed by atoms with Gasteiger partial charge in [-0.1, -0.05) is 24.6 Å². The Morgan fingerprint density at radius 2 is 1.78 bits per heavy atom. The standard InChI is InChI=1S/C24H32ClN3O7S2/c1-4-22(28(36(3,30)31)23-17-19(25)6-5-18(23)2)24(29)26-11-14-35-20-7-9-21(10-8-20)37(32,33)27-12-15-34-16-13-27/h5-10,17,22H,4,11-16H2,1-3H3,(H,26,29)/t22-/m0/s1. The van der Waals surface area contributed by atoms with Crippen molar-refractivity contribution in [1.29, 1.82) is 0 Å². The van der Waals surface area contributed by atoms with Crippen LogP contribution in [-0.2, 0) is 29.6 Å². The van der Waals surface area contributed by atoms with E-state index < -0.39 is 32.0 Å². The smallest absolute Gasteiger partial charge is 0.244 e. The van der Waals surface area contributed by atoms with Crippen molar-refractivity contribution in [1.82, 2.24) is 9.62 Å². The van der Waals surface area contributed by atoms with Crippen LogP contribution in [0.15, 0.2) is 47.4 Å².